The first-order chi connectivity index (χ1) is 7.97. The minimum atomic E-state index is -0.493. The molecule has 0 saturated heterocycles. The van der Waals surface area contributed by atoms with Crippen LogP contribution in [-0.4, -0.2) is 18.3 Å². The van der Waals surface area contributed by atoms with Crippen molar-refractivity contribution < 1.29 is 4.79 Å². The number of carbonyl (C=O) groups excluding carboxylic acids is 1. The molecule has 1 rings (SSSR count). The van der Waals surface area contributed by atoms with Crippen LogP contribution in [0.25, 0.3) is 0 Å². The first-order valence-corrected chi connectivity index (χ1v) is 6.39. The summed E-state index contributed by atoms with van der Waals surface area (Å²) in [5.74, 6) is 0.351. The fourth-order valence-electron chi connectivity index (χ4n) is 1.50. The van der Waals surface area contributed by atoms with Crippen molar-refractivity contribution in [2.75, 3.05) is 12.4 Å². The highest BCUT2D eigenvalue weighted by Crippen LogP contribution is 2.16. The summed E-state index contributed by atoms with van der Waals surface area (Å²) in [6, 6.07) is 8.22. The smallest absolute Gasteiger partial charge is 0.226 e. The maximum atomic E-state index is 11.8. The Morgan fingerprint density at radius 3 is 2.59 bits per heavy atom. The van der Waals surface area contributed by atoms with Gasteiger partial charge in [-0.15, -0.1) is 11.6 Å². The topological polar surface area (TPSA) is 29.1 Å². The summed E-state index contributed by atoms with van der Waals surface area (Å²) in [7, 11) is 0. The highest BCUT2D eigenvalue weighted by molar-refractivity contribution is 6.19. The lowest BCUT2D eigenvalue weighted by Gasteiger charge is -2.20. The van der Waals surface area contributed by atoms with E-state index in [1.807, 2.05) is 26.0 Å². The van der Waals surface area contributed by atoms with Crippen molar-refractivity contribution in [2.24, 2.45) is 5.41 Å². The predicted octanol–water partition coefficient (Wildman–Crippen LogP) is 2.92. The summed E-state index contributed by atoms with van der Waals surface area (Å²) in [6.45, 7) is 6.44. The van der Waals surface area contributed by atoms with Crippen molar-refractivity contribution in [3.05, 3.63) is 35.4 Å². The second-order valence-corrected chi connectivity index (χ2v) is 5.22. The highest BCUT2D eigenvalue weighted by Gasteiger charge is 2.25. The normalized spacial score (nSPS) is 11.3. The van der Waals surface area contributed by atoms with Crippen molar-refractivity contribution in [2.45, 2.75) is 27.2 Å². The Balaban J connectivity index is 2.44. The largest absolute Gasteiger partial charge is 0.355 e. The van der Waals surface area contributed by atoms with Gasteiger partial charge in [0.05, 0.1) is 5.41 Å². The van der Waals surface area contributed by atoms with Gasteiger partial charge in [-0.2, -0.15) is 0 Å². The molecule has 17 heavy (non-hydrogen) atoms. The first kappa shape index (κ1) is 14.0. The van der Waals surface area contributed by atoms with Gasteiger partial charge in [-0.3, -0.25) is 4.79 Å². The molecule has 1 amide bonds. The first-order valence-electron chi connectivity index (χ1n) is 5.86. The molecule has 0 aliphatic heterocycles. The average molecular weight is 254 g/mol. The van der Waals surface area contributed by atoms with Crippen molar-refractivity contribution in [1.29, 1.82) is 0 Å². The van der Waals surface area contributed by atoms with Gasteiger partial charge < -0.3 is 5.32 Å². The predicted molar refractivity (Wildman–Crippen MR) is 72.4 cm³/mol. The van der Waals surface area contributed by atoms with Crippen LogP contribution in [0.4, 0.5) is 0 Å². The fourth-order valence-corrected chi connectivity index (χ4v) is 1.62. The Hall–Kier alpha value is -1.02. The average Bonchev–Trinajstić information content (AvgIpc) is 2.31. The van der Waals surface area contributed by atoms with E-state index in [-0.39, 0.29) is 5.91 Å². The van der Waals surface area contributed by atoms with Gasteiger partial charge in [-0.25, -0.2) is 0 Å². The molecule has 0 unspecified atom stereocenters. The van der Waals surface area contributed by atoms with Crippen molar-refractivity contribution in [3.63, 3.8) is 0 Å². The molecule has 0 saturated carbocycles. The van der Waals surface area contributed by atoms with Gasteiger partial charge in [0.1, 0.15) is 0 Å². The quantitative estimate of drug-likeness (QED) is 0.804. The molecule has 0 heterocycles. The van der Waals surface area contributed by atoms with Gasteiger partial charge in [-0.1, -0.05) is 24.3 Å². The molecular formula is C14H20ClNO. The lowest BCUT2D eigenvalue weighted by molar-refractivity contribution is -0.128. The molecular weight excluding hydrogens is 234 g/mol. The van der Waals surface area contributed by atoms with Crippen molar-refractivity contribution >= 4 is 17.5 Å². The molecule has 0 aliphatic rings. The molecule has 0 bridgehead atoms. The van der Waals surface area contributed by atoms with Crippen LogP contribution in [0.2, 0.25) is 0 Å². The van der Waals surface area contributed by atoms with Crippen LogP contribution in [0.1, 0.15) is 25.0 Å². The molecule has 1 N–H and O–H groups in total. The molecule has 94 valence electrons. The second kappa shape index (κ2) is 6.06. The molecule has 1 aromatic rings. The summed E-state index contributed by atoms with van der Waals surface area (Å²) < 4.78 is 0. The Kier molecular flexibility index (Phi) is 5.01. The van der Waals surface area contributed by atoms with Crippen molar-refractivity contribution in [1.82, 2.24) is 5.32 Å². The monoisotopic (exact) mass is 253 g/mol. The molecule has 0 radical (unpaired) electrons. The Morgan fingerprint density at radius 2 is 2.00 bits per heavy atom. The van der Waals surface area contributed by atoms with E-state index in [1.165, 1.54) is 11.1 Å². The number of rotatable bonds is 5. The van der Waals surface area contributed by atoms with Gasteiger partial charge in [0.25, 0.3) is 0 Å². The number of hydrogen-bond donors (Lipinski definition) is 1. The van der Waals surface area contributed by atoms with Crippen LogP contribution in [0.3, 0.4) is 0 Å². The van der Waals surface area contributed by atoms with Crippen LogP contribution < -0.4 is 5.32 Å². The van der Waals surface area contributed by atoms with Gasteiger partial charge in [0.15, 0.2) is 0 Å². The fraction of sp³-hybridized carbons (Fsp3) is 0.500. The third kappa shape index (κ3) is 4.04. The summed E-state index contributed by atoms with van der Waals surface area (Å²) >= 11 is 5.75. The minimum absolute atomic E-state index is 0.0149. The van der Waals surface area contributed by atoms with Gasteiger partial charge in [0, 0.05) is 12.4 Å². The van der Waals surface area contributed by atoms with E-state index < -0.39 is 5.41 Å². The summed E-state index contributed by atoms with van der Waals surface area (Å²) in [5, 5.41) is 2.93. The lowest BCUT2D eigenvalue weighted by Crippen LogP contribution is -2.39. The third-order valence-corrected chi connectivity index (χ3v) is 3.56. The molecule has 0 aromatic heterocycles. The van der Waals surface area contributed by atoms with Crippen LogP contribution in [0.15, 0.2) is 24.3 Å². The van der Waals surface area contributed by atoms with Crippen LogP contribution >= 0.6 is 11.6 Å². The molecule has 0 spiro atoms. The Bertz CT molecular complexity index is 388. The van der Waals surface area contributed by atoms with Gasteiger partial charge in [0.2, 0.25) is 5.91 Å². The number of aryl methyl sites for hydroxylation is 1. The number of amides is 1. The number of hydrogen-bond acceptors (Lipinski definition) is 1. The zero-order valence-electron chi connectivity index (χ0n) is 10.7. The summed E-state index contributed by atoms with van der Waals surface area (Å²) in [4.78, 5) is 11.8. The van der Waals surface area contributed by atoms with Crippen LogP contribution in [0, 0.1) is 12.3 Å². The number of benzene rings is 1. The Morgan fingerprint density at radius 1 is 1.35 bits per heavy atom. The van der Waals surface area contributed by atoms with E-state index in [1.54, 1.807) is 0 Å². The number of halogens is 1. The second-order valence-electron chi connectivity index (χ2n) is 4.95. The number of carbonyl (C=O) groups is 1. The zero-order valence-corrected chi connectivity index (χ0v) is 11.5. The third-order valence-electron chi connectivity index (χ3n) is 2.89. The summed E-state index contributed by atoms with van der Waals surface area (Å²) in [6.07, 6.45) is 0.858. The van der Waals surface area contributed by atoms with Gasteiger partial charge >= 0.3 is 0 Å². The highest BCUT2D eigenvalue weighted by atomic mass is 35.5. The summed E-state index contributed by atoms with van der Waals surface area (Å²) in [5.41, 5.74) is 2.04. The Labute approximate surface area is 108 Å². The number of alkyl halides is 1. The molecule has 0 fully saturated rings. The van der Waals surface area contributed by atoms with Crippen LogP contribution in [0.5, 0.6) is 0 Å². The van der Waals surface area contributed by atoms with E-state index in [2.05, 4.69) is 24.4 Å². The van der Waals surface area contributed by atoms with E-state index in [4.69, 9.17) is 11.6 Å². The molecule has 1 aromatic carbocycles. The van der Waals surface area contributed by atoms with E-state index in [0.29, 0.717) is 12.4 Å². The maximum Gasteiger partial charge on any atom is 0.226 e. The molecule has 2 nitrogen and oxygen atoms in total. The standard InChI is InChI=1S/C14H20ClNO/c1-11-6-4-5-7-12(11)8-9-16-13(17)14(2,3)10-15/h4-7H,8-10H2,1-3H3,(H,16,17). The molecule has 0 atom stereocenters. The van der Waals surface area contributed by atoms with Crippen molar-refractivity contribution in [3.8, 4) is 0 Å². The number of nitrogens with one attached hydrogen (secondary N) is 1. The van der Waals surface area contributed by atoms with E-state index >= 15 is 0 Å². The molecule has 0 aliphatic carbocycles. The zero-order chi connectivity index (χ0) is 12.9. The maximum absolute atomic E-state index is 11.8. The lowest BCUT2D eigenvalue weighted by atomic mass is 9.95. The van der Waals surface area contributed by atoms with E-state index in [9.17, 15) is 4.79 Å². The van der Waals surface area contributed by atoms with Crippen LogP contribution in [-0.2, 0) is 11.2 Å². The van der Waals surface area contributed by atoms with Gasteiger partial charge in [-0.05, 0) is 38.3 Å². The van der Waals surface area contributed by atoms with E-state index in [0.717, 1.165) is 6.42 Å². The molecule has 3 heteroatoms. The minimum Gasteiger partial charge on any atom is -0.355 e. The SMILES string of the molecule is Cc1ccccc1CCNC(=O)C(C)(C)CCl.